The van der Waals surface area contributed by atoms with Gasteiger partial charge in [-0.1, -0.05) is 0 Å². The number of anilines is 1. The van der Waals surface area contributed by atoms with Gasteiger partial charge in [-0.2, -0.15) is 5.26 Å². The van der Waals surface area contributed by atoms with Crippen LogP contribution in [0.1, 0.15) is 16.9 Å². The molecule has 104 valence electrons. The Morgan fingerprint density at radius 2 is 2.10 bits per heavy atom. The molecule has 1 aromatic carbocycles. The SMILES string of the molecule is N#Cc1csc(CNc2ccc(SCCCO)cc2)c1. The lowest BCUT2D eigenvalue weighted by molar-refractivity contribution is 0.296. The van der Waals surface area contributed by atoms with Gasteiger partial charge in [-0.05, 0) is 36.8 Å². The van der Waals surface area contributed by atoms with Crippen molar-refractivity contribution in [3.63, 3.8) is 0 Å². The van der Waals surface area contributed by atoms with E-state index < -0.39 is 0 Å². The second-order valence-electron chi connectivity index (χ2n) is 4.22. The third-order valence-corrected chi connectivity index (χ3v) is 4.71. The number of aliphatic hydroxyl groups excluding tert-OH is 1. The first-order valence-corrected chi connectivity index (χ1v) is 8.23. The molecule has 0 fully saturated rings. The van der Waals surface area contributed by atoms with Crippen molar-refractivity contribution in [3.8, 4) is 6.07 Å². The standard InChI is InChI=1S/C15H16N2OS2/c16-9-12-8-15(20-11-12)10-17-13-2-4-14(5-3-13)19-7-1-6-18/h2-5,8,11,17-18H,1,6-7,10H2. The van der Waals surface area contributed by atoms with Crippen molar-refractivity contribution in [2.24, 2.45) is 0 Å². The Hall–Kier alpha value is -1.48. The van der Waals surface area contributed by atoms with Gasteiger partial charge in [-0.3, -0.25) is 0 Å². The van der Waals surface area contributed by atoms with Crippen LogP contribution in [0.5, 0.6) is 0 Å². The summed E-state index contributed by atoms with van der Waals surface area (Å²) in [6.07, 6.45) is 0.824. The molecule has 0 amide bonds. The Morgan fingerprint density at radius 3 is 2.75 bits per heavy atom. The molecule has 0 bridgehead atoms. The van der Waals surface area contributed by atoms with Gasteiger partial charge in [0.1, 0.15) is 6.07 Å². The third kappa shape index (κ3) is 4.57. The highest BCUT2D eigenvalue weighted by molar-refractivity contribution is 7.99. The minimum absolute atomic E-state index is 0.248. The molecule has 1 heterocycles. The fraction of sp³-hybridized carbons (Fsp3) is 0.267. The van der Waals surface area contributed by atoms with E-state index in [0.29, 0.717) is 0 Å². The monoisotopic (exact) mass is 304 g/mol. The minimum Gasteiger partial charge on any atom is -0.396 e. The van der Waals surface area contributed by atoms with Crippen LogP contribution in [0, 0.1) is 11.3 Å². The first kappa shape index (κ1) is 14.9. The van der Waals surface area contributed by atoms with Gasteiger partial charge in [0.05, 0.1) is 5.56 Å². The fourth-order valence-corrected chi connectivity index (χ4v) is 3.23. The number of hydrogen-bond donors (Lipinski definition) is 2. The number of nitriles is 1. The van der Waals surface area contributed by atoms with E-state index in [1.165, 1.54) is 4.90 Å². The van der Waals surface area contributed by atoms with Gasteiger partial charge in [-0.15, -0.1) is 23.1 Å². The topological polar surface area (TPSA) is 56.0 Å². The Morgan fingerprint density at radius 1 is 1.30 bits per heavy atom. The van der Waals surface area contributed by atoms with Crippen LogP contribution in [0.25, 0.3) is 0 Å². The maximum absolute atomic E-state index is 8.77. The van der Waals surface area contributed by atoms with E-state index in [0.717, 1.165) is 34.8 Å². The van der Waals surface area contributed by atoms with Gasteiger partial charge in [0, 0.05) is 39.7 Å². The molecule has 20 heavy (non-hydrogen) atoms. The number of rotatable bonds is 7. The minimum atomic E-state index is 0.248. The van der Waals surface area contributed by atoms with Crippen LogP contribution in [0.4, 0.5) is 5.69 Å². The zero-order valence-corrected chi connectivity index (χ0v) is 12.6. The maximum Gasteiger partial charge on any atom is 0.100 e. The number of nitrogens with one attached hydrogen (secondary N) is 1. The summed E-state index contributed by atoms with van der Waals surface area (Å²) in [6.45, 7) is 0.988. The van der Waals surface area contributed by atoms with Crippen molar-refractivity contribution in [2.45, 2.75) is 17.9 Å². The number of nitrogens with zero attached hydrogens (tertiary/aromatic N) is 1. The van der Waals surface area contributed by atoms with Crippen LogP contribution in [0.2, 0.25) is 0 Å². The molecule has 0 radical (unpaired) electrons. The van der Waals surface area contributed by atoms with Crippen LogP contribution >= 0.6 is 23.1 Å². The molecule has 0 saturated heterocycles. The average molecular weight is 304 g/mol. The van der Waals surface area contributed by atoms with Gasteiger partial charge in [-0.25, -0.2) is 0 Å². The van der Waals surface area contributed by atoms with E-state index in [4.69, 9.17) is 10.4 Å². The predicted octanol–water partition coefficient (Wildman–Crippen LogP) is 3.71. The van der Waals surface area contributed by atoms with E-state index >= 15 is 0 Å². The summed E-state index contributed by atoms with van der Waals surface area (Å²) in [5.74, 6) is 0.940. The van der Waals surface area contributed by atoms with Crippen LogP contribution in [-0.4, -0.2) is 17.5 Å². The number of aliphatic hydroxyl groups is 1. The van der Waals surface area contributed by atoms with Crippen molar-refractivity contribution < 1.29 is 5.11 Å². The molecule has 0 aliphatic rings. The van der Waals surface area contributed by atoms with Gasteiger partial charge >= 0.3 is 0 Å². The van der Waals surface area contributed by atoms with E-state index in [-0.39, 0.29) is 6.61 Å². The van der Waals surface area contributed by atoms with Crippen molar-refractivity contribution in [1.29, 1.82) is 5.26 Å². The average Bonchev–Trinajstić information content (AvgIpc) is 2.95. The lowest BCUT2D eigenvalue weighted by Crippen LogP contribution is -1.96. The molecule has 0 atom stereocenters. The molecular formula is C15H16N2OS2. The first-order chi connectivity index (χ1) is 9.81. The Labute approximate surface area is 127 Å². The third-order valence-electron chi connectivity index (χ3n) is 2.68. The van der Waals surface area contributed by atoms with Crippen molar-refractivity contribution in [1.82, 2.24) is 0 Å². The lowest BCUT2D eigenvalue weighted by atomic mass is 10.3. The molecule has 0 aliphatic carbocycles. The Bertz CT molecular complexity index is 572. The van der Waals surface area contributed by atoms with Gasteiger partial charge in [0.15, 0.2) is 0 Å². The summed E-state index contributed by atoms with van der Waals surface area (Å²) in [6, 6.07) is 12.3. The van der Waals surface area contributed by atoms with Crippen LogP contribution < -0.4 is 5.32 Å². The zero-order valence-electron chi connectivity index (χ0n) is 11.0. The van der Waals surface area contributed by atoms with Crippen molar-refractivity contribution in [3.05, 3.63) is 46.2 Å². The molecule has 1 aromatic heterocycles. The van der Waals surface area contributed by atoms with E-state index in [9.17, 15) is 0 Å². The molecule has 2 N–H and O–H groups in total. The molecule has 0 spiro atoms. The zero-order chi connectivity index (χ0) is 14.2. The highest BCUT2D eigenvalue weighted by Gasteiger charge is 2.00. The second-order valence-corrected chi connectivity index (χ2v) is 6.38. The number of benzene rings is 1. The number of thiophene rings is 1. The molecule has 3 nitrogen and oxygen atoms in total. The largest absolute Gasteiger partial charge is 0.396 e. The van der Waals surface area contributed by atoms with Crippen LogP contribution in [-0.2, 0) is 6.54 Å². The predicted molar refractivity (Wildman–Crippen MR) is 85.2 cm³/mol. The van der Waals surface area contributed by atoms with Crippen LogP contribution in [0.15, 0.2) is 40.6 Å². The van der Waals surface area contributed by atoms with E-state index in [1.807, 2.05) is 11.4 Å². The summed E-state index contributed by atoms with van der Waals surface area (Å²) in [5, 5.41) is 22.7. The van der Waals surface area contributed by atoms with Crippen molar-refractivity contribution in [2.75, 3.05) is 17.7 Å². The van der Waals surface area contributed by atoms with Gasteiger partial charge in [0.2, 0.25) is 0 Å². The Kier molecular flexibility index (Phi) is 5.93. The fourth-order valence-electron chi connectivity index (χ4n) is 1.64. The summed E-state index contributed by atoms with van der Waals surface area (Å²) < 4.78 is 0. The number of hydrogen-bond acceptors (Lipinski definition) is 5. The smallest absolute Gasteiger partial charge is 0.100 e. The molecular weight excluding hydrogens is 288 g/mol. The molecule has 0 unspecified atom stereocenters. The van der Waals surface area contributed by atoms with Gasteiger partial charge < -0.3 is 10.4 Å². The highest BCUT2D eigenvalue weighted by Crippen LogP contribution is 2.22. The highest BCUT2D eigenvalue weighted by atomic mass is 32.2. The second kappa shape index (κ2) is 7.95. The molecule has 0 saturated carbocycles. The summed E-state index contributed by atoms with van der Waals surface area (Å²) in [5.41, 5.74) is 1.80. The lowest BCUT2D eigenvalue weighted by Gasteiger charge is -2.06. The van der Waals surface area contributed by atoms with Gasteiger partial charge in [0.25, 0.3) is 0 Å². The first-order valence-electron chi connectivity index (χ1n) is 6.37. The maximum atomic E-state index is 8.77. The molecule has 5 heteroatoms. The van der Waals surface area contributed by atoms with Crippen LogP contribution in [0.3, 0.4) is 0 Å². The number of thioether (sulfide) groups is 1. The molecule has 2 aromatic rings. The summed E-state index contributed by atoms with van der Waals surface area (Å²) in [4.78, 5) is 2.37. The van der Waals surface area contributed by atoms with Crippen molar-refractivity contribution >= 4 is 28.8 Å². The Balaban J connectivity index is 1.83. The normalized spacial score (nSPS) is 10.2. The summed E-state index contributed by atoms with van der Waals surface area (Å²) >= 11 is 3.35. The van der Waals surface area contributed by atoms with E-state index in [1.54, 1.807) is 23.1 Å². The molecule has 0 aliphatic heterocycles. The quantitative estimate of drug-likeness (QED) is 0.605. The molecule has 2 rings (SSSR count). The summed E-state index contributed by atoms with van der Waals surface area (Å²) in [7, 11) is 0. The van der Waals surface area contributed by atoms with E-state index in [2.05, 4.69) is 35.7 Å².